The Hall–Kier alpha value is -2.33. The Morgan fingerprint density at radius 1 is 1.31 bits per heavy atom. The van der Waals surface area contributed by atoms with Crippen LogP contribution < -0.4 is 5.32 Å². The molecule has 2 aromatic rings. The topological polar surface area (TPSA) is 37.3 Å². The van der Waals surface area contributed by atoms with Gasteiger partial charge in [-0.15, -0.1) is 0 Å². The van der Waals surface area contributed by atoms with Crippen LogP contribution in [-0.4, -0.2) is 35.5 Å². The summed E-state index contributed by atoms with van der Waals surface area (Å²) in [4.78, 5) is 14.7. The van der Waals surface area contributed by atoms with Crippen LogP contribution in [0, 0.1) is 6.92 Å². The van der Waals surface area contributed by atoms with Gasteiger partial charge in [-0.2, -0.15) is 0 Å². The van der Waals surface area contributed by atoms with Crippen molar-refractivity contribution in [2.24, 2.45) is 0 Å². The minimum Gasteiger partial charge on any atom is -0.350 e. The van der Waals surface area contributed by atoms with Gasteiger partial charge in [0.25, 0.3) is 5.91 Å². The smallest absolute Gasteiger partial charge is 0.250 e. The lowest BCUT2D eigenvalue weighted by Crippen LogP contribution is -2.30. The van der Waals surface area contributed by atoms with Gasteiger partial charge in [-0.3, -0.25) is 4.79 Å². The molecule has 0 unspecified atom stereocenters. The lowest BCUT2D eigenvalue weighted by atomic mass is 10.0. The molecule has 1 aliphatic heterocycles. The molecule has 138 valence electrons. The monoisotopic (exact) mass is 351 g/mol. The average molecular weight is 351 g/mol. The Labute approximate surface area is 156 Å². The number of benzene rings is 1. The van der Waals surface area contributed by atoms with Gasteiger partial charge in [-0.05, 0) is 45.5 Å². The van der Waals surface area contributed by atoms with Crippen LogP contribution in [0.15, 0.2) is 42.0 Å². The van der Waals surface area contributed by atoms with Crippen LogP contribution in [0.1, 0.15) is 30.7 Å². The number of rotatable bonds is 5. The number of nitrogens with one attached hydrogen (secondary N) is 1. The molecule has 0 saturated carbocycles. The van der Waals surface area contributed by atoms with Gasteiger partial charge in [-0.25, -0.2) is 0 Å². The largest absolute Gasteiger partial charge is 0.350 e. The summed E-state index contributed by atoms with van der Waals surface area (Å²) in [7, 11) is 2.18. The van der Waals surface area contributed by atoms with Crippen LogP contribution in [0.3, 0.4) is 0 Å². The molecule has 0 bridgehead atoms. The first-order chi connectivity index (χ1) is 12.5. The van der Waals surface area contributed by atoms with E-state index in [-0.39, 0.29) is 5.91 Å². The molecule has 0 radical (unpaired) electrons. The van der Waals surface area contributed by atoms with Crippen LogP contribution in [-0.2, 0) is 24.3 Å². The number of allylic oxidation sites excluding steroid dienone is 2. The van der Waals surface area contributed by atoms with Crippen molar-refractivity contribution in [3.05, 3.63) is 58.8 Å². The van der Waals surface area contributed by atoms with Gasteiger partial charge < -0.3 is 14.8 Å². The van der Waals surface area contributed by atoms with Crippen molar-refractivity contribution in [1.29, 1.82) is 0 Å². The van der Waals surface area contributed by atoms with Gasteiger partial charge in [0.05, 0.1) is 0 Å². The highest BCUT2D eigenvalue weighted by Crippen LogP contribution is 2.31. The molecule has 2 heterocycles. The third-order valence-electron chi connectivity index (χ3n) is 5.14. The Kier molecular flexibility index (Phi) is 5.62. The van der Waals surface area contributed by atoms with Crippen LogP contribution in [0.5, 0.6) is 0 Å². The van der Waals surface area contributed by atoms with Crippen LogP contribution in [0.4, 0.5) is 0 Å². The lowest BCUT2D eigenvalue weighted by Gasteiger charge is -2.24. The molecule has 0 atom stereocenters. The normalized spacial score (nSPS) is 15.6. The van der Waals surface area contributed by atoms with Crippen molar-refractivity contribution in [2.45, 2.75) is 40.3 Å². The van der Waals surface area contributed by atoms with E-state index in [4.69, 9.17) is 0 Å². The summed E-state index contributed by atoms with van der Waals surface area (Å²) >= 11 is 0. The molecular formula is C22H29N3O. The number of fused-ring (bicyclic) bond motifs is 3. The second-order valence-electron chi connectivity index (χ2n) is 7.09. The van der Waals surface area contributed by atoms with E-state index < -0.39 is 0 Å². The second kappa shape index (κ2) is 7.92. The van der Waals surface area contributed by atoms with Crippen molar-refractivity contribution < 1.29 is 4.79 Å². The molecule has 0 fully saturated rings. The number of carbonyl (C=O) groups excluding carboxylic acids is 1. The zero-order valence-electron chi connectivity index (χ0n) is 16.3. The van der Waals surface area contributed by atoms with Crippen molar-refractivity contribution in [2.75, 3.05) is 20.1 Å². The van der Waals surface area contributed by atoms with Crippen LogP contribution in [0.25, 0.3) is 10.9 Å². The number of nitrogens with zero attached hydrogens (tertiary/aromatic N) is 2. The molecule has 26 heavy (non-hydrogen) atoms. The molecule has 1 aromatic heterocycles. The van der Waals surface area contributed by atoms with E-state index in [2.05, 4.69) is 47.0 Å². The first-order valence-corrected chi connectivity index (χ1v) is 9.41. The quantitative estimate of drug-likeness (QED) is 0.660. The standard InChI is InChI=1S/C22H29N3O/c1-5-7-17(6-2)22(26)23-11-13-25-20-9-8-16(3)14-18(20)19-15-24(4)12-10-21(19)25/h5-9,14H,10-13,15H2,1-4H3,(H,23,26)/b7-5-,17-6+. The molecule has 4 heteroatoms. The number of amides is 1. The van der Waals surface area contributed by atoms with Gasteiger partial charge >= 0.3 is 0 Å². The Morgan fingerprint density at radius 3 is 2.85 bits per heavy atom. The van der Waals surface area contributed by atoms with E-state index in [0.29, 0.717) is 12.1 Å². The maximum Gasteiger partial charge on any atom is 0.250 e. The Bertz CT molecular complexity index is 873. The fraction of sp³-hybridized carbons (Fsp3) is 0.409. The highest BCUT2D eigenvalue weighted by molar-refractivity contribution is 5.96. The summed E-state index contributed by atoms with van der Waals surface area (Å²) in [6.07, 6.45) is 6.65. The minimum absolute atomic E-state index is 0.00786. The third-order valence-corrected chi connectivity index (χ3v) is 5.14. The van der Waals surface area contributed by atoms with Crippen molar-refractivity contribution >= 4 is 16.8 Å². The van der Waals surface area contributed by atoms with Gasteiger partial charge in [0, 0.05) is 54.8 Å². The summed E-state index contributed by atoms with van der Waals surface area (Å²) in [6, 6.07) is 6.70. The van der Waals surface area contributed by atoms with E-state index in [1.807, 2.05) is 32.1 Å². The summed E-state index contributed by atoms with van der Waals surface area (Å²) in [6.45, 7) is 9.48. The Morgan fingerprint density at radius 2 is 2.12 bits per heavy atom. The minimum atomic E-state index is -0.00786. The SMILES string of the molecule is C/C=C\C(=C/C)C(=O)NCCn1c2c(c3cc(C)ccc31)CN(C)CC2. The predicted octanol–water partition coefficient (Wildman–Crippen LogP) is 3.58. The van der Waals surface area contributed by atoms with Crippen LogP contribution in [0.2, 0.25) is 0 Å². The van der Waals surface area contributed by atoms with E-state index in [0.717, 1.165) is 26.1 Å². The van der Waals surface area contributed by atoms with Gasteiger partial charge in [-0.1, -0.05) is 29.9 Å². The highest BCUT2D eigenvalue weighted by Gasteiger charge is 2.22. The zero-order valence-corrected chi connectivity index (χ0v) is 16.3. The maximum absolute atomic E-state index is 12.3. The van der Waals surface area contributed by atoms with E-state index >= 15 is 0 Å². The summed E-state index contributed by atoms with van der Waals surface area (Å²) in [5, 5.41) is 4.42. The molecule has 4 nitrogen and oxygen atoms in total. The summed E-state index contributed by atoms with van der Waals surface area (Å²) in [5.74, 6) is -0.00786. The van der Waals surface area contributed by atoms with E-state index in [1.54, 1.807) is 0 Å². The number of aromatic nitrogens is 1. The number of likely N-dealkylation sites (N-methyl/N-ethyl adjacent to an activating group) is 1. The molecule has 1 aromatic carbocycles. The first-order valence-electron chi connectivity index (χ1n) is 9.41. The average Bonchev–Trinajstić information content (AvgIpc) is 2.92. The van der Waals surface area contributed by atoms with E-state index in [1.165, 1.54) is 27.7 Å². The van der Waals surface area contributed by atoms with Gasteiger partial charge in [0.2, 0.25) is 0 Å². The molecule has 0 aliphatic carbocycles. The highest BCUT2D eigenvalue weighted by atomic mass is 16.1. The molecular weight excluding hydrogens is 322 g/mol. The fourth-order valence-corrected chi connectivity index (χ4v) is 3.82. The molecule has 3 rings (SSSR count). The molecule has 0 spiro atoms. The molecule has 1 aliphatic rings. The summed E-state index contributed by atoms with van der Waals surface area (Å²) < 4.78 is 2.41. The number of aryl methyl sites for hydroxylation is 1. The van der Waals surface area contributed by atoms with Crippen molar-refractivity contribution in [1.82, 2.24) is 14.8 Å². The van der Waals surface area contributed by atoms with Crippen molar-refractivity contribution in [3.8, 4) is 0 Å². The Balaban J connectivity index is 1.83. The predicted molar refractivity (Wildman–Crippen MR) is 108 cm³/mol. The number of hydrogen-bond donors (Lipinski definition) is 1. The maximum atomic E-state index is 12.3. The zero-order chi connectivity index (χ0) is 18.7. The first kappa shape index (κ1) is 18.5. The molecule has 1 N–H and O–H groups in total. The number of carbonyl (C=O) groups is 1. The molecule has 1 amide bonds. The van der Waals surface area contributed by atoms with Gasteiger partial charge in [0.1, 0.15) is 0 Å². The van der Waals surface area contributed by atoms with Gasteiger partial charge in [0.15, 0.2) is 0 Å². The second-order valence-corrected chi connectivity index (χ2v) is 7.09. The van der Waals surface area contributed by atoms with E-state index in [9.17, 15) is 4.79 Å². The third kappa shape index (κ3) is 3.61. The molecule has 0 saturated heterocycles. The summed E-state index contributed by atoms with van der Waals surface area (Å²) in [5.41, 5.74) is 6.17. The number of hydrogen-bond acceptors (Lipinski definition) is 2. The lowest BCUT2D eigenvalue weighted by molar-refractivity contribution is -0.117. The van der Waals surface area contributed by atoms with Crippen molar-refractivity contribution in [3.63, 3.8) is 0 Å². The van der Waals surface area contributed by atoms with Crippen LogP contribution >= 0.6 is 0 Å². The fourth-order valence-electron chi connectivity index (χ4n) is 3.82.